The van der Waals surface area contributed by atoms with Crippen LogP contribution in [0, 0.1) is 5.82 Å². The number of rotatable bonds is 7. The lowest BCUT2D eigenvalue weighted by molar-refractivity contribution is 0.0951. The number of benzene rings is 2. The Kier molecular flexibility index (Phi) is 6.34. The molecule has 0 saturated carbocycles. The summed E-state index contributed by atoms with van der Waals surface area (Å²) in [6, 6.07) is 10.4. The molecular formula is C24H27FN6OS. The van der Waals surface area contributed by atoms with Gasteiger partial charge >= 0.3 is 0 Å². The molecule has 1 aliphatic heterocycles. The van der Waals surface area contributed by atoms with E-state index in [-0.39, 0.29) is 18.3 Å². The standard InChI is InChI=1S/C24H27FN6OS/c25-19-13-16(15-26)5-7-18(19)22-28-24-31(29-22)20-8-6-17(14-21(20)33-24)23(32)27-9-4-12-30-10-2-1-3-11-30/h5-8,13-14H,1-4,9-12,15,26H2,(H,27,32). The van der Waals surface area contributed by atoms with Crippen LogP contribution in [0.5, 0.6) is 0 Å². The smallest absolute Gasteiger partial charge is 0.251 e. The van der Waals surface area contributed by atoms with Crippen LogP contribution >= 0.6 is 11.3 Å². The Bertz CT molecular complexity index is 1290. The summed E-state index contributed by atoms with van der Waals surface area (Å²) in [7, 11) is 0. The van der Waals surface area contributed by atoms with Crippen molar-refractivity contribution in [1.82, 2.24) is 24.8 Å². The fourth-order valence-electron chi connectivity index (χ4n) is 4.30. The van der Waals surface area contributed by atoms with Gasteiger partial charge in [-0.1, -0.05) is 23.8 Å². The van der Waals surface area contributed by atoms with Crippen LogP contribution in [-0.4, -0.2) is 51.6 Å². The van der Waals surface area contributed by atoms with Gasteiger partial charge in [-0.2, -0.15) is 4.98 Å². The van der Waals surface area contributed by atoms with E-state index >= 15 is 0 Å². The zero-order chi connectivity index (χ0) is 22.8. The van der Waals surface area contributed by atoms with Gasteiger partial charge in [0.25, 0.3) is 5.91 Å². The minimum atomic E-state index is -0.389. The first-order chi connectivity index (χ1) is 16.1. The van der Waals surface area contributed by atoms with Crippen LogP contribution < -0.4 is 11.1 Å². The number of carbonyl (C=O) groups excluding carboxylic acids is 1. The van der Waals surface area contributed by atoms with E-state index in [9.17, 15) is 9.18 Å². The van der Waals surface area contributed by atoms with Crippen molar-refractivity contribution in [2.24, 2.45) is 5.73 Å². The van der Waals surface area contributed by atoms with Crippen molar-refractivity contribution >= 4 is 32.4 Å². The summed E-state index contributed by atoms with van der Waals surface area (Å²) in [6.45, 7) is 4.33. The first kappa shape index (κ1) is 21.9. The summed E-state index contributed by atoms with van der Waals surface area (Å²) >= 11 is 1.43. The largest absolute Gasteiger partial charge is 0.352 e. The molecule has 2 aromatic heterocycles. The summed E-state index contributed by atoms with van der Waals surface area (Å²) in [4.78, 5) is 20.3. The molecule has 5 rings (SSSR count). The highest BCUT2D eigenvalue weighted by Crippen LogP contribution is 2.29. The predicted molar refractivity (Wildman–Crippen MR) is 129 cm³/mol. The Labute approximate surface area is 195 Å². The van der Waals surface area contributed by atoms with Crippen molar-refractivity contribution in [3.05, 3.63) is 53.3 Å². The monoisotopic (exact) mass is 466 g/mol. The molecule has 3 heterocycles. The highest BCUT2D eigenvalue weighted by atomic mass is 32.1. The molecule has 1 saturated heterocycles. The zero-order valence-electron chi connectivity index (χ0n) is 18.4. The number of nitrogens with two attached hydrogens (primary N) is 1. The molecule has 0 spiro atoms. The van der Waals surface area contributed by atoms with E-state index in [1.165, 1.54) is 49.8 Å². The lowest BCUT2D eigenvalue weighted by Crippen LogP contribution is -2.33. The summed E-state index contributed by atoms with van der Waals surface area (Å²) < 4.78 is 17.1. The Balaban J connectivity index is 1.28. The van der Waals surface area contributed by atoms with Crippen molar-refractivity contribution in [1.29, 1.82) is 0 Å². The average Bonchev–Trinajstić information content (AvgIpc) is 3.39. The number of hydrogen-bond donors (Lipinski definition) is 2. The number of fused-ring (bicyclic) bond motifs is 3. The van der Waals surface area contributed by atoms with Gasteiger partial charge in [-0.3, -0.25) is 4.79 Å². The highest BCUT2D eigenvalue weighted by molar-refractivity contribution is 7.23. The molecule has 7 nitrogen and oxygen atoms in total. The Morgan fingerprint density at radius 2 is 2.00 bits per heavy atom. The second-order valence-corrected chi connectivity index (χ2v) is 9.45. The van der Waals surface area contributed by atoms with E-state index in [0.29, 0.717) is 28.5 Å². The number of aromatic nitrogens is 3. The van der Waals surface area contributed by atoms with Crippen LogP contribution in [0.2, 0.25) is 0 Å². The van der Waals surface area contributed by atoms with Gasteiger partial charge in [0, 0.05) is 18.7 Å². The van der Waals surface area contributed by atoms with Gasteiger partial charge in [-0.05, 0) is 74.8 Å². The van der Waals surface area contributed by atoms with Gasteiger partial charge in [-0.15, -0.1) is 5.10 Å². The van der Waals surface area contributed by atoms with Gasteiger partial charge in [0.15, 0.2) is 5.82 Å². The van der Waals surface area contributed by atoms with E-state index < -0.39 is 0 Å². The maximum atomic E-state index is 14.5. The summed E-state index contributed by atoms with van der Waals surface area (Å²) in [6.07, 6.45) is 4.85. The molecule has 9 heteroatoms. The number of thiazole rings is 1. The number of halogens is 1. The molecule has 0 aliphatic carbocycles. The third-order valence-corrected chi connectivity index (χ3v) is 7.12. The molecule has 0 atom stereocenters. The lowest BCUT2D eigenvalue weighted by atomic mass is 10.1. The maximum Gasteiger partial charge on any atom is 0.251 e. The topological polar surface area (TPSA) is 88.5 Å². The Morgan fingerprint density at radius 3 is 2.79 bits per heavy atom. The molecule has 172 valence electrons. The minimum Gasteiger partial charge on any atom is -0.352 e. The Morgan fingerprint density at radius 1 is 1.15 bits per heavy atom. The minimum absolute atomic E-state index is 0.0719. The quantitative estimate of drug-likeness (QED) is 0.404. The van der Waals surface area contributed by atoms with Gasteiger partial charge in [0.2, 0.25) is 4.96 Å². The van der Waals surface area contributed by atoms with Crippen LogP contribution in [0.4, 0.5) is 4.39 Å². The van der Waals surface area contributed by atoms with E-state index in [1.54, 1.807) is 22.7 Å². The molecule has 1 amide bonds. The van der Waals surface area contributed by atoms with Crippen molar-refractivity contribution < 1.29 is 9.18 Å². The fourth-order valence-corrected chi connectivity index (χ4v) is 5.30. The first-order valence-electron chi connectivity index (χ1n) is 11.4. The third-order valence-electron chi connectivity index (χ3n) is 6.12. The van der Waals surface area contributed by atoms with Gasteiger partial charge in [-0.25, -0.2) is 8.91 Å². The second kappa shape index (κ2) is 9.54. The number of piperidine rings is 1. The number of likely N-dealkylation sites (tertiary alicyclic amines) is 1. The van der Waals surface area contributed by atoms with E-state index in [1.807, 2.05) is 12.1 Å². The van der Waals surface area contributed by atoms with Gasteiger partial charge in [0.05, 0.1) is 15.8 Å². The van der Waals surface area contributed by atoms with Crippen LogP contribution in [0.3, 0.4) is 0 Å². The molecule has 33 heavy (non-hydrogen) atoms. The fraction of sp³-hybridized carbons (Fsp3) is 0.375. The predicted octanol–water partition coefficient (Wildman–Crippen LogP) is 3.81. The molecule has 0 radical (unpaired) electrons. The molecule has 0 bridgehead atoms. The van der Waals surface area contributed by atoms with Crippen LogP contribution in [0.25, 0.3) is 26.6 Å². The molecule has 2 aromatic carbocycles. The maximum absolute atomic E-state index is 14.5. The number of amides is 1. The van der Waals surface area contributed by atoms with E-state index in [0.717, 1.165) is 28.7 Å². The normalized spacial score (nSPS) is 14.8. The molecular weight excluding hydrogens is 439 g/mol. The SMILES string of the molecule is NCc1ccc(-c2nc3sc4cc(C(=O)NCCCN5CCCCC5)ccc4n3n2)c(F)c1. The number of nitrogens with one attached hydrogen (secondary N) is 1. The van der Waals surface area contributed by atoms with Crippen molar-refractivity contribution in [2.75, 3.05) is 26.2 Å². The average molecular weight is 467 g/mol. The molecule has 3 N–H and O–H groups in total. The second-order valence-electron chi connectivity index (χ2n) is 8.44. The Hall–Kier alpha value is -2.88. The number of hydrogen-bond acceptors (Lipinski definition) is 6. The molecule has 1 aliphatic rings. The first-order valence-corrected chi connectivity index (χ1v) is 12.2. The van der Waals surface area contributed by atoms with Crippen molar-refractivity contribution in [3.8, 4) is 11.4 Å². The molecule has 0 unspecified atom stereocenters. The van der Waals surface area contributed by atoms with E-state index in [4.69, 9.17) is 5.73 Å². The summed E-state index contributed by atoms with van der Waals surface area (Å²) in [5.41, 5.74) is 8.11. The van der Waals surface area contributed by atoms with Crippen LogP contribution in [0.1, 0.15) is 41.6 Å². The third kappa shape index (κ3) is 4.62. The summed E-state index contributed by atoms with van der Waals surface area (Å²) in [5.74, 6) is -0.128. The summed E-state index contributed by atoms with van der Waals surface area (Å²) in [5, 5.41) is 7.53. The molecule has 4 aromatic rings. The van der Waals surface area contributed by atoms with Crippen molar-refractivity contribution in [2.45, 2.75) is 32.2 Å². The van der Waals surface area contributed by atoms with E-state index in [2.05, 4.69) is 20.3 Å². The van der Waals surface area contributed by atoms with Crippen LogP contribution in [-0.2, 0) is 6.54 Å². The van der Waals surface area contributed by atoms with Gasteiger partial charge < -0.3 is 16.0 Å². The number of carbonyl (C=O) groups is 1. The lowest BCUT2D eigenvalue weighted by Gasteiger charge is -2.26. The van der Waals surface area contributed by atoms with Gasteiger partial charge in [0.1, 0.15) is 5.82 Å². The van der Waals surface area contributed by atoms with Crippen molar-refractivity contribution in [3.63, 3.8) is 0 Å². The highest BCUT2D eigenvalue weighted by Gasteiger charge is 2.17. The molecule has 1 fully saturated rings. The zero-order valence-corrected chi connectivity index (χ0v) is 19.2. The number of nitrogens with zero attached hydrogens (tertiary/aromatic N) is 4. The van der Waals surface area contributed by atoms with Crippen LogP contribution in [0.15, 0.2) is 36.4 Å².